The molecule has 6 heteroatoms. The minimum Gasteiger partial charge on any atom is -0.466 e. The second-order valence-electron chi connectivity index (χ2n) is 21.0. The minimum absolute atomic E-state index is 0.0321. The SMILES string of the molecule is CCC/C=C\C/C=C\CCCCCCCC(=O)OCCCCC/C=C\C/C=C\CCCCCCCCCC(=O)NC(CO)C(O)/C=C/CCCCCCCCCCCCCCCCCCCCCCCC. The van der Waals surface area contributed by atoms with Gasteiger partial charge in [0.05, 0.1) is 25.4 Å². The summed E-state index contributed by atoms with van der Waals surface area (Å²) in [6.07, 6.45) is 78.3. The number of hydrogen-bond donors (Lipinski definition) is 3. The van der Waals surface area contributed by atoms with Gasteiger partial charge in [0.25, 0.3) is 0 Å². The van der Waals surface area contributed by atoms with Gasteiger partial charge in [0.1, 0.15) is 0 Å². The number of nitrogens with one attached hydrogen (secondary N) is 1. The third-order valence-corrected chi connectivity index (χ3v) is 14.0. The number of carbonyl (C=O) groups excluding carboxylic acids is 2. The van der Waals surface area contributed by atoms with E-state index in [1.54, 1.807) is 6.08 Å². The topological polar surface area (TPSA) is 95.9 Å². The summed E-state index contributed by atoms with van der Waals surface area (Å²) >= 11 is 0. The molecule has 0 radical (unpaired) electrons. The number of hydrogen-bond acceptors (Lipinski definition) is 5. The molecule has 2 unspecified atom stereocenters. The van der Waals surface area contributed by atoms with E-state index < -0.39 is 12.1 Å². The summed E-state index contributed by atoms with van der Waals surface area (Å²) in [5.74, 6) is -0.115. The zero-order valence-corrected chi connectivity index (χ0v) is 47.2. The van der Waals surface area contributed by atoms with E-state index in [1.807, 2.05) is 6.08 Å². The van der Waals surface area contributed by atoms with Gasteiger partial charge in [-0.2, -0.15) is 0 Å². The van der Waals surface area contributed by atoms with Crippen molar-refractivity contribution < 1.29 is 24.5 Å². The molecule has 0 bridgehead atoms. The van der Waals surface area contributed by atoms with Crippen LogP contribution in [0, 0.1) is 0 Å². The van der Waals surface area contributed by atoms with E-state index in [0.29, 0.717) is 19.4 Å². The molecule has 0 rings (SSSR count). The van der Waals surface area contributed by atoms with Crippen molar-refractivity contribution in [1.82, 2.24) is 5.32 Å². The van der Waals surface area contributed by atoms with Crippen LogP contribution in [0.2, 0.25) is 0 Å². The molecule has 6 nitrogen and oxygen atoms in total. The molecular weight excluding hydrogens is 875 g/mol. The maximum Gasteiger partial charge on any atom is 0.305 e. The quantitative estimate of drug-likeness (QED) is 0.0321. The van der Waals surface area contributed by atoms with Crippen LogP contribution in [0.25, 0.3) is 0 Å². The average molecular weight is 995 g/mol. The van der Waals surface area contributed by atoms with Crippen LogP contribution in [0.4, 0.5) is 0 Å². The Morgan fingerprint density at radius 1 is 0.394 bits per heavy atom. The number of esters is 1. The number of ether oxygens (including phenoxy) is 1. The average Bonchev–Trinajstić information content (AvgIpc) is 3.37. The molecule has 0 aromatic carbocycles. The van der Waals surface area contributed by atoms with E-state index in [4.69, 9.17) is 4.74 Å². The second kappa shape index (κ2) is 60.1. The molecule has 0 saturated carbocycles. The highest BCUT2D eigenvalue weighted by Gasteiger charge is 2.18. The summed E-state index contributed by atoms with van der Waals surface area (Å²) in [6.45, 7) is 4.80. The van der Waals surface area contributed by atoms with E-state index >= 15 is 0 Å². The maximum absolute atomic E-state index is 12.5. The molecule has 3 N–H and O–H groups in total. The molecule has 0 aliphatic carbocycles. The van der Waals surface area contributed by atoms with Gasteiger partial charge in [-0.25, -0.2) is 0 Å². The first-order valence-electron chi connectivity index (χ1n) is 31.1. The lowest BCUT2D eigenvalue weighted by molar-refractivity contribution is -0.143. The van der Waals surface area contributed by atoms with Crippen molar-refractivity contribution in [3.63, 3.8) is 0 Å². The van der Waals surface area contributed by atoms with Crippen molar-refractivity contribution >= 4 is 11.9 Å². The predicted molar refractivity (Wildman–Crippen MR) is 310 cm³/mol. The van der Waals surface area contributed by atoms with Gasteiger partial charge >= 0.3 is 5.97 Å². The molecule has 0 aliphatic heterocycles. The summed E-state index contributed by atoms with van der Waals surface area (Å²) < 4.78 is 5.44. The number of rotatable bonds is 57. The zero-order chi connectivity index (χ0) is 51.4. The van der Waals surface area contributed by atoms with Crippen molar-refractivity contribution in [1.29, 1.82) is 0 Å². The fourth-order valence-corrected chi connectivity index (χ4v) is 9.23. The molecule has 71 heavy (non-hydrogen) atoms. The van der Waals surface area contributed by atoms with Gasteiger partial charge in [-0.3, -0.25) is 9.59 Å². The Bertz CT molecular complexity index is 1240. The van der Waals surface area contributed by atoms with Gasteiger partial charge in [0.15, 0.2) is 0 Å². The standard InChI is InChI=1S/C65H119NO5/c1-3-5-7-9-11-13-15-17-18-19-20-21-22-23-24-25-27-30-34-37-41-45-49-53-57-63(68)62(61-67)66-64(69)58-54-50-46-42-38-35-31-28-26-29-32-36-40-44-48-52-56-60-71-65(70)59-55-51-47-43-39-33-16-14-12-10-8-6-4-2/h8,10,14,16,26,29,36,40,53,57,62-63,67-68H,3-7,9,11-13,15,17-25,27-28,30-35,37-39,41-52,54-56,58-61H2,1-2H3,(H,66,69)/b10-8-,16-14-,29-26-,40-36-,57-53+. The highest BCUT2D eigenvalue weighted by atomic mass is 16.5. The van der Waals surface area contributed by atoms with Crippen LogP contribution in [0.15, 0.2) is 60.8 Å². The molecule has 0 aliphatic rings. The van der Waals surface area contributed by atoms with Gasteiger partial charge in [0.2, 0.25) is 5.91 Å². The Hall–Kier alpha value is -2.44. The Kier molecular flexibility index (Phi) is 58.1. The van der Waals surface area contributed by atoms with Crippen LogP contribution in [0.3, 0.4) is 0 Å². The lowest BCUT2D eigenvalue weighted by Gasteiger charge is -2.20. The van der Waals surface area contributed by atoms with Gasteiger partial charge in [-0.1, -0.05) is 267 Å². The summed E-state index contributed by atoms with van der Waals surface area (Å²) in [5.41, 5.74) is 0. The fourth-order valence-electron chi connectivity index (χ4n) is 9.23. The Morgan fingerprint density at radius 2 is 0.732 bits per heavy atom. The van der Waals surface area contributed by atoms with Crippen molar-refractivity contribution in [3.8, 4) is 0 Å². The predicted octanol–water partition coefficient (Wildman–Crippen LogP) is 19.5. The van der Waals surface area contributed by atoms with Crippen molar-refractivity contribution in [2.75, 3.05) is 13.2 Å². The largest absolute Gasteiger partial charge is 0.466 e. The van der Waals surface area contributed by atoms with Crippen LogP contribution in [-0.4, -0.2) is 47.4 Å². The first-order valence-corrected chi connectivity index (χ1v) is 31.1. The first-order chi connectivity index (χ1) is 35.0. The third kappa shape index (κ3) is 56.7. The van der Waals surface area contributed by atoms with Gasteiger partial charge in [-0.15, -0.1) is 0 Å². The highest BCUT2D eigenvalue weighted by Crippen LogP contribution is 2.17. The van der Waals surface area contributed by atoms with Crippen LogP contribution in [-0.2, 0) is 14.3 Å². The van der Waals surface area contributed by atoms with Crippen LogP contribution in [0.1, 0.15) is 316 Å². The first kappa shape index (κ1) is 68.6. The van der Waals surface area contributed by atoms with Gasteiger partial charge in [0, 0.05) is 12.8 Å². The number of aliphatic hydroxyl groups is 2. The molecule has 0 aromatic rings. The second-order valence-corrected chi connectivity index (χ2v) is 21.0. The molecule has 0 saturated heterocycles. The smallest absolute Gasteiger partial charge is 0.305 e. The maximum atomic E-state index is 12.5. The summed E-state index contributed by atoms with van der Waals surface area (Å²) in [5, 5.41) is 23.2. The summed E-state index contributed by atoms with van der Waals surface area (Å²) in [4.78, 5) is 24.5. The van der Waals surface area contributed by atoms with E-state index in [2.05, 4.69) is 67.8 Å². The van der Waals surface area contributed by atoms with Crippen molar-refractivity contribution in [2.24, 2.45) is 0 Å². The molecule has 0 aromatic heterocycles. The highest BCUT2D eigenvalue weighted by molar-refractivity contribution is 5.76. The van der Waals surface area contributed by atoms with Crippen LogP contribution >= 0.6 is 0 Å². The Labute approximate surface area is 441 Å². The zero-order valence-electron chi connectivity index (χ0n) is 47.2. The van der Waals surface area contributed by atoms with E-state index in [0.717, 1.165) is 96.3 Å². The molecule has 2 atom stereocenters. The molecule has 0 spiro atoms. The van der Waals surface area contributed by atoms with E-state index in [1.165, 1.54) is 193 Å². The minimum atomic E-state index is -0.858. The van der Waals surface area contributed by atoms with E-state index in [-0.39, 0.29) is 18.5 Å². The van der Waals surface area contributed by atoms with Crippen molar-refractivity contribution in [2.45, 2.75) is 328 Å². The molecular formula is C65H119NO5. The van der Waals surface area contributed by atoms with E-state index in [9.17, 15) is 19.8 Å². The summed E-state index contributed by atoms with van der Waals surface area (Å²) in [7, 11) is 0. The van der Waals surface area contributed by atoms with Crippen LogP contribution in [0.5, 0.6) is 0 Å². The summed E-state index contributed by atoms with van der Waals surface area (Å²) in [6, 6.07) is -0.643. The fraction of sp³-hybridized carbons (Fsp3) is 0.815. The number of aliphatic hydroxyl groups excluding tert-OH is 2. The molecule has 0 heterocycles. The Balaban J connectivity index is 3.54. The lowest BCUT2D eigenvalue weighted by Crippen LogP contribution is -2.45. The lowest BCUT2D eigenvalue weighted by atomic mass is 10.0. The normalized spacial score (nSPS) is 13.0. The monoisotopic (exact) mass is 994 g/mol. The van der Waals surface area contributed by atoms with Crippen LogP contribution < -0.4 is 5.32 Å². The molecule has 414 valence electrons. The van der Waals surface area contributed by atoms with Crippen molar-refractivity contribution in [3.05, 3.63) is 60.8 Å². The third-order valence-electron chi connectivity index (χ3n) is 14.0. The van der Waals surface area contributed by atoms with Gasteiger partial charge in [-0.05, 0) is 96.3 Å². The number of carbonyl (C=O) groups is 2. The number of amides is 1. The number of unbranched alkanes of at least 4 members (excludes halogenated alkanes) is 38. The van der Waals surface area contributed by atoms with Gasteiger partial charge < -0.3 is 20.3 Å². The Morgan fingerprint density at radius 3 is 1.13 bits per heavy atom. The molecule has 0 fully saturated rings. The molecule has 1 amide bonds. The number of allylic oxidation sites excluding steroid dienone is 9.